The molecule has 19 heavy (non-hydrogen) atoms. The van der Waals surface area contributed by atoms with E-state index in [1.165, 1.54) is 0 Å². The quantitative estimate of drug-likeness (QED) is 0.858. The number of hydrogen-bond donors (Lipinski definition) is 2. The van der Waals surface area contributed by atoms with Crippen LogP contribution in [0.4, 0.5) is 4.79 Å². The number of carbonyl (C=O) groups excluding carboxylic acids is 1. The minimum atomic E-state index is -0.882. The molecule has 0 heterocycles. The molecule has 4 heteroatoms. The molecule has 1 rings (SSSR count). The van der Waals surface area contributed by atoms with Crippen molar-refractivity contribution in [3.63, 3.8) is 0 Å². The first kappa shape index (κ1) is 15.2. The highest BCUT2D eigenvalue weighted by Gasteiger charge is 2.22. The number of hydrogen-bond acceptors (Lipinski definition) is 3. The summed E-state index contributed by atoms with van der Waals surface area (Å²) in [4.78, 5) is 11.5. The Morgan fingerprint density at radius 2 is 2.00 bits per heavy atom. The predicted molar refractivity (Wildman–Crippen MR) is 75.7 cm³/mol. The third kappa shape index (κ3) is 4.41. The Labute approximate surface area is 114 Å². The summed E-state index contributed by atoms with van der Waals surface area (Å²) in [5, 5.41) is 12.8. The average Bonchev–Trinajstić information content (AvgIpc) is 2.36. The van der Waals surface area contributed by atoms with E-state index in [1.807, 2.05) is 32.0 Å². The summed E-state index contributed by atoms with van der Waals surface area (Å²) in [6.45, 7) is 9.04. The summed E-state index contributed by atoms with van der Waals surface area (Å²) in [6, 6.07) is 7.34. The number of carbonyl (C=O) groups is 1. The van der Waals surface area contributed by atoms with Crippen molar-refractivity contribution in [2.24, 2.45) is 0 Å². The van der Waals surface area contributed by atoms with Crippen molar-refractivity contribution in [3.05, 3.63) is 42.0 Å². The van der Waals surface area contributed by atoms with Gasteiger partial charge in [-0.3, -0.25) is 0 Å². The van der Waals surface area contributed by atoms with E-state index >= 15 is 0 Å². The lowest BCUT2D eigenvalue weighted by Gasteiger charge is -2.22. The Morgan fingerprint density at radius 3 is 2.58 bits per heavy atom. The Balaban J connectivity index is 2.73. The SMILES string of the molecule is C=Cc1ccccc1[C@H](O)[C@H](C)OC(=O)NC(C)C. The minimum absolute atomic E-state index is 0.00250. The summed E-state index contributed by atoms with van der Waals surface area (Å²) in [5.74, 6) is 0. The number of aliphatic hydroxyl groups is 1. The van der Waals surface area contributed by atoms with Crippen LogP contribution in [0.5, 0.6) is 0 Å². The Bertz CT molecular complexity index is 443. The summed E-state index contributed by atoms with van der Waals surface area (Å²) in [5.41, 5.74) is 1.53. The molecule has 1 aromatic carbocycles. The third-order valence-corrected chi connectivity index (χ3v) is 2.68. The Morgan fingerprint density at radius 1 is 1.37 bits per heavy atom. The Hall–Kier alpha value is -1.81. The lowest BCUT2D eigenvalue weighted by atomic mass is 9.99. The van der Waals surface area contributed by atoms with Crippen molar-refractivity contribution >= 4 is 12.2 Å². The van der Waals surface area contributed by atoms with E-state index in [4.69, 9.17) is 4.74 Å². The zero-order chi connectivity index (χ0) is 14.4. The normalized spacial score (nSPS) is 13.7. The summed E-state index contributed by atoms with van der Waals surface area (Å²) in [7, 11) is 0. The average molecular weight is 263 g/mol. The van der Waals surface area contributed by atoms with Gasteiger partial charge in [-0.05, 0) is 31.9 Å². The van der Waals surface area contributed by atoms with E-state index in [2.05, 4.69) is 11.9 Å². The van der Waals surface area contributed by atoms with Crippen molar-refractivity contribution in [1.29, 1.82) is 0 Å². The molecule has 0 aromatic heterocycles. The number of amides is 1. The topological polar surface area (TPSA) is 58.6 Å². The maximum absolute atomic E-state index is 11.5. The largest absolute Gasteiger partial charge is 0.443 e. The van der Waals surface area contributed by atoms with Gasteiger partial charge in [-0.1, -0.05) is 36.9 Å². The van der Waals surface area contributed by atoms with Crippen molar-refractivity contribution in [2.45, 2.75) is 39.0 Å². The highest BCUT2D eigenvalue weighted by Crippen LogP contribution is 2.23. The molecule has 1 aromatic rings. The molecule has 0 aliphatic heterocycles. The molecule has 0 spiro atoms. The van der Waals surface area contributed by atoms with Crippen molar-refractivity contribution in [3.8, 4) is 0 Å². The van der Waals surface area contributed by atoms with E-state index in [-0.39, 0.29) is 6.04 Å². The van der Waals surface area contributed by atoms with Crippen molar-refractivity contribution < 1.29 is 14.6 Å². The van der Waals surface area contributed by atoms with Crippen LogP contribution in [-0.2, 0) is 4.74 Å². The van der Waals surface area contributed by atoms with Gasteiger partial charge in [0.05, 0.1) is 0 Å². The molecule has 0 aliphatic carbocycles. The molecule has 0 bridgehead atoms. The second kappa shape index (κ2) is 6.95. The number of alkyl carbamates (subject to hydrolysis) is 1. The maximum atomic E-state index is 11.5. The van der Waals surface area contributed by atoms with Crippen molar-refractivity contribution in [2.75, 3.05) is 0 Å². The maximum Gasteiger partial charge on any atom is 0.407 e. The molecule has 0 fully saturated rings. The van der Waals surface area contributed by atoms with E-state index in [1.54, 1.807) is 19.1 Å². The van der Waals surface area contributed by atoms with Crippen LogP contribution in [0.25, 0.3) is 6.08 Å². The molecular weight excluding hydrogens is 242 g/mol. The second-order valence-electron chi connectivity index (χ2n) is 4.69. The molecule has 0 saturated carbocycles. The molecule has 2 N–H and O–H groups in total. The van der Waals surface area contributed by atoms with Gasteiger partial charge in [-0.25, -0.2) is 4.79 Å². The number of ether oxygens (including phenoxy) is 1. The molecule has 4 nitrogen and oxygen atoms in total. The fourth-order valence-corrected chi connectivity index (χ4v) is 1.72. The molecule has 0 aliphatic rings. The van der Waals surface area contributed by atoms with Gasteiger partial charge in [0.2, 0.25) is 0 Å². The van der Waals surface area contributed by atoms with Gasteiger partial charge in [-0.2, -0.15) is 0 Å². The molecule has 0 saturated heterocycles. The highest BCUT2D eigenvalue weighted by atomic mass is 16.6. The van der Waals surface area contributed by atoms with Gasteiger partial charge in [0, 0.05) is 6.04 Å². The summed E-state index contributed by atoms with van der Waals surface area (Å²) >= 11 is 0. The zero-order valence-electron chi connectivity index (χ0n) is 11.6. The van der Waals surface area contributed by atoms with E-state index in [9.17, 15) is 9.90 Å². The van der Waals surface area contributed by atoms with E-state index in [0.29, 0.717) is 5.56 Å². The van der Waals surface area contributed by atoms with Crippen LogP contribution in [0.1, 0.15) is 38.0 Å². The number of rotatable bonds is 5. The smallest absolute Gasteiger partial charge is 0.407 e. The van der Waals surface area contributed by atoms with Crippen LogP contribution in [0.3, 0.4) is 0 Å². The fourth-order valence-electron chi connectivity index (χ4n) is 1.72. The van der Waals surface area contributed by atoms with Gasteiger partial charge in [0.25, 0.3) is 0 Å². The lowest BCUT2D eigenvalue weighted by molar-refractivity contribution is 0.0111. The van der Waals surface area contributed by atoms with Gasteiger partial charge < -0.3 is 15.2 Å². The third-order valence-electron chi connectivity index (χ3n) is 2.68. The van der Waals surface area contributed by atoms with Gasteiger partial charge >= 0.3 is 6.09 Å². The van der Waals surface area contributed by atoms with E-state index < -0.39 is 18.3 Å². The molecule has 104 valence electrons. The standard InChI is InChI=1S/C15H21NO3/c1-5-12-8-6-7-9-13(12)14(17)11(4)19-15(18)16-10(2)3/h5-11,14,17H,1H2,2-4H3,(H,16,18)/t11-,14+/m0/s1. The fraction of sp³-hybridized carbons (Fsp3) is 0.400. The Kier molecular flexibility index (Phi) is 5.57. The number of benzene rings is 1. The van der Waals surface area contributed by atoms with Crippen LogP contribution < -0.4 is 5.32 Å². The highest BCUT2D eigenvalue weighted by molar-refractivity contribution is 5.67. The van der Waals surface area contributed by atoms with Gasteiger partial charge in [0.1, 0.15) is 12.2 Å². The van der Waals surface area contributed by atoms with Gasteiger partial charge in [-0.15, -0.1) is 0 Å². The van der Waals surface area contributed by atoms with Crippen LogP contribution in [0.2, 0.25) is 0 Å². The summed E-state index contributed by atoms with van der Waals surface area (Å²) in [6.07, 6.45) is -0.385. The first-order valence-electron chi connectivity index (χ1n) is 6.32. The molecule has 0 unspecified atom stereocenters. The second-order valence-corrected chi connectivity index (χ2v) is 4.69. The monoisotopic (exact) mass is 263 g/mol. The molecule has 1 amide bonds. The van der Waals surface area contributed by atoms with Crippen LogP contribution in [-0.4, -0.2) is 23.3 Å². The van der Waals surface area contributed by atoms with Crippen molar-refractivity contribution in [1.82, 2.24) is 5.32 Å². The molecule has 0 radical (unpaired) electrons. The van der Waals surface area contributed by atoms with E-state index in [0.717, 1.165) is 5.56 Å². The first-order valence-corrected chi connectivity index (χ1v) is 6.32. The van der Waals surface area contributed by atoms with Crippen LogP contribution >= 0.6 is 0 Å². The number of nitrogens with one attached hydrogen (secondary N) is 1. The first-order chi connectivity index (χ1) is 8.95. The zero-order valence-corrected chi connectivity index (χ0v) is 11.6. The minimum Gasteiger partial charge on any atom is -0.443 e. The van der Waals surface area contributed by atoms with Crippen LogP contribution in [0.15, 0.2) is 30.8 Å². The predicted octanol–water partition coefficient (Wildman–Crippen LogP) is 2.89. The summed E-state index contributed by atoms with van der Waals surface area (Å²) < 4.78 is 5.14. The van der Waals surface area contributed by atoms with Crippen LogP contribution in [0, 0.1) is 0 Å². The molecular formula is C15H21NO3. The lowest BCUT2D eigenvalue weighted by Crippen LogP contribution is -2.34. The molecule has 2 atom stereocenters. The van der Waals surface area contributed by atoms with Gasteiger partial charge in [0.15, 0.2) is 0 Å². The number of aliphatic hydroxyl groups excluding tert-OH is 1.